The highest BCUT2D eigenvalue weighted by molar-refractivity contribution is 7.80. The molecule has 1 saturated heterocycles. The number of rotatable bonds is 12. The lowest BCUT2D eigenvalue weighted by Gasteiger charge is -2.59. The van der Waals surface area contributed by atoms with E-state index in [4.69, 9.17) is 13.7 Å². The van der Waals surface area contributed by atoms with Crippen LogP contribution in [-0.2, 0) is 30.7 Å². The van der Waals surface area contributed by atoms with Crippen molar-refractivity contribution in [2.75, 3.05) is 39.5 Å². The van der Waals surface area contributed by atoms with Crippen molar-refractivity contribution in [1.82, 2.24) is 10.2 Å². The molecule has 6 rings (SSSR count). The summed E-state index contributed by atoms with van der Waals surface area (Å²) in [7, 11) is -4.45. The summed E-state index contributed by atoms with van der Waals surface area (Å²) < 4.78 is 48.2. The number of morpholine rings is 1. The third-order valence-corrected chi connectivity index (χ3v) is 13.6. The zero-order chi connectivity index (χ0) is 33.2. The summed E-state index contributed by atoms with van der Waals surface area (Å²) >= 11 is 0. The molecule has 47 heavy (non-hydrogen) atoms. The Hall–Kier alpha value is -1.98. The van der Waals surface area contributed by atoms with Crippen LogP contribution in [0.3, 0.4) is 0 Å². The maximum absolute atomic E-state index is 12.9. The predicted octanol–water partition coefficient (Wildman–Crippen LogP) is 6.20. The number of allylic oxidation sites excluding steroid dienone is 1. The van der Waals surface area contributed by atoms with Crippen molar-refractivity contribution in [3.8, 4) is 5.75 Å². The van der Waals surface area contributed by atoms with Gasteiger partial charge in [-0.05, 0) is 116 Å². The molecule has 1 aromatic rings. The normalized spacial score (nSPS) is 34.8. The van der Waals surface area contributed by atoms with Gasteiger partial charge in [-0.3, -0.25) is 14.2 Å². The summed E-state index contributed by atoms with van der Waals surface area (Å²) in [6.45, 7) is 12.9. The van der Waals surface area contributed by atoms with Gasteiger partial charge < -0.3 is 14.8 Å². The molecular formula is C37H56N2O7S. The molecule has 0 bridgehead atoms. The van der Waals surface area contributed by atoms with E-state index < -0.39 is 16.5 Å². The third kappa shape index (κ3) is 7.93. The van der Waals surface area contributed by atoms with Crippen LogP contribution in [0.25, 0.3) is 0 Å². The zero-order valence-electron chi connectivity index (χ0n) is 28.6. The zero-order valence-corrected chi connectivity index (χ0v) is 29.4. The highest BCUT2D eigenvalue weighted by Gasteiger charge is 2.59. The van der Waals surface area contributed by atoms with Gasteiger partial charge in [0.2, 0.25) is 5.91 Å². The van der Waals surface area contributed by atoms with Crippen LogP contribution in [0.15, 0.2) is 35.9 Å². The van der Waals surface area contributed by atoms with Crippen molar-refractivity contribution >= 4 is 16.3 Å². The van der Waals surface area contributed by atoms with E-state index in [0.717, 1.165) is 69.8 Å². The van der Waals surface area contributed by atoms with Gasteiger partial charge in [0, 0.05) is 32.6 Å². The highest BCUT2D eigenvalue weighted by atomic mass is 32.3. The second-order valence-corrected chi connectivity index (χ2v) is 16.6. The van der Waals surface area contributed by atoms with E-state index in [9.17, 15) is 17.8 Å². The van der Waals surface area contributed by atoms with E-state index in [-0.39, 0.29) is 11.3 Å². The number of amides is 1. The van der Waals surface area contributed by atoms with Crippen molar-refractivity contribution < 1.29 is 31.4 Å². The molecule has 1 heterocycles. The summed E-state index contributed by atoms with van der Waals surface area (Å²) in [5.41, 5.74) is 2.81. The molecule has 0 spiro atoms. The number of benzene rings is 1. The summed E-state index contributed by atoms with van der Waals surface area (Å²) in [6.07, 6.45) is 11.6. The van der Waals surface area contributed by atoms with Crippen LogP contribution in [0.1, 0.15) is 90.5 Å². The monoisotopic (exact) mass is 672 g/mol. The van der Waals surface area contributed by atoms with E-state index in [1.54, 1.807) is 0 Å². The highest BCUT2D eigenvalue weighted by Crippen LogP contribution is 2.67. The number of ether oxygens (including phenoxy) is 2. The molecule has 0 aromatic heterocycles. The minimum absolute atomic E-state index is 0.0848. The van der Waals surface area contributed by atoms with Crippen molar-refractivity contribution in [3.05, 3.63) is 41.5 Å². The molecule has 4 aliphatic carbocycles. The summed E-state index contributed by atoms with van der Waals surface area (Å²) in [6, 6.07) is 8.04. The average molecular weight is 673 g/mol. The Balaban J connectivity index is 0.955. The fraction of sp³-hybridized carbons (Fsp3) is 0.757. The van der Waals surface area contributed by atoms with Crippen molar-refractivity contribution in [3.63, 3.8) is 0 Å². The van der Waals surface area contributed by atoms with Crippen LogP contribution in [-0.4, -0.2) is 69.3 Å². The number of carbonyl (C=O) groups excluding carboxylic acids is 1. The first kappa shape index (κ1) is 34.9. The smallest absolute Gasteiger partial charge is 0.397 e. The Morgan fingerprint density at radius 3 is 2.57 bits per heavy atom. The van der Waals surface area contributed by atoms with Gasteiger partial charge in [-0.15, -0.1) is 0 Å². The first-order valence-electron chi connectivity index (χ1n) is 18.1. The molecule has 0 unspecified atom stereocenters. The quantitative estimate of drug-likeness (QED) is 0.200. The maximum atomic E-state index is 12.9. The molecule has 8 atom stereocenters. The van der Waals surface area contributed by atoms with Gasteiger partial charge in [0.25, 0.3) is 0 Å². The Morgan fingerprint density at radius 1 is 1.06 bits per heavy atom. The molecule has 1 amide bonds. The van der Waals surface area contributed by atoms with Gasteiger partial charge in [0.15, 0.2) is 0 Å². The van der Waals surface area contributed by atoms with Crippen LogP contribution >= 0.6 is 0 Å². The second kappa shape index (κ2) is 14.5. The topological polar surface area (TPSA) is 114 Å². The van der Waals surface area contributed by atoms with Crippen molar-refractivity contribution in [2.45, 2.75) is 97.6 Å². The van der Waals surface area contributed by atoms with Crippen LogP contribution in [0, 0.1) is 40.4 Å². The lowest BCUT2D eigenvalue weighted by molar-refractivity contribution is -0.121. The van der Waals surface area contributed by atoms with Gasteiger partial charge in [0.05, 0.1) is 19.3 Å². The fourth-order valence-electron chi connectivity index (χ4n) is 10.6. The maximum Gasteiger partial charge on any atom is 0.397 e. The molecule has 262 valence electrons. The molecule has 10 heteroatoms. The van der Waals surface area contributed by atoms with Gasteiger partial charge >= 0.3 is 10.4 Å². The van der Waals surface area contributed by atoms with Gasteiger partial charge in [-0.1, -0.05) is 44.6 Å². The van der Waals surface area contributed by atoms with E-state index in [2.05, 4.69) is 31.0 Å². The molecule has 1 aliphatic heterocycles. The van der Waals surface area contributed by atoms with E-state index >= 15 is 0 Å². The van der Waals surface area contributed by atoms with E-state index in [0.29, 0.717) is 61.0 Å². The molecule has 9 nitrogen and oxygen atoms in total. The van der Waals surface area contributed by atoms with Crippen LogP contribution in [0.5, 0.6) is 5.75 Å². The molecular weight excluding hydrogens is 616 g/mol. The summed E-state index contributed by atoms with van der Waals surface area (Å²) in [4.78, 5) is 15.3. The first-order chi connectivity index (χ1) is 22.4. The first-order valence-corrected chi connectivity index (χ1v) is 19.5. The molecule has 1 aromatic carbocycles. The number of nitrogens with zero attached hydrogens (tertiary/aromatic N) is 1. The van der Waals surface area contributed by atoms with Crippen LogP contribution in [0.2, 0.25) is 0 Å². The molecule has 0 radical (unpaired) electrons. The summed E-state index contributed by atoms with van der Waals surface area (Å²) in [5, 5.41) is 3.14. The Labute approximate surface area is 282 Å². The number of fused-ring (bicyclic) bond motifs is 5. The number of hydrogen-bond donors (Lipinski definition) is 2. The standard InChI is InChI=1S/C37H56N2O7S/c1-26(4-13-35(40)38-25-27-5-8-29(9-6-27)45-23-20-39-18-21-44-22-19-39)32-11-12-33-31-10-7-28-24-30(46-47(41,42)43)14-16-36(28,2)34(31)15-17-37(32,33)3/h5-6,8-9,24,26,30-34H,4,7,10-23,25H2,1-3H3,(H,38,40)(H,41,42,43)/t26-,30+,31+,32-,33+,34+,36+,37-/m1/s1. The lowest BCUT2D eigenvalue weighted by Crippen LogP contribution is -2.51. The lowest BCUT2D eigenvalue weighted by atomic mass is 9.46. The fourth-order valence-corrected chi connectivity index (χ4v) is 11.0. The van der Waals surface area contributed by atoms with Gasteiger partial charge in [-0.25, -0.2) is 4.18 Å². The number of nitrogens with one attached hydrogen (secondary N) is 1. The Morgan fingerprint density at radius 2 is 1.83 bits per heavy atom. The SMILES string of the molecule is C[C@H](CCC(=O)NCc1ccc(OCCN2CCOCC2)cc1)[C@H]1CC[C@H]2[C@@H]3CCC4=C[C@@H](OS(=O)(=O)O)CC[C@]4(C)[C@H]3CC[C@]12C. The Bertz CT molecular complexity index is 1380. The van der Waals surface area contributed by atoms with Crippen molar-refractivity contribution in [2.24, 2.45) is 40.4 Å². The molecule has 3 saturated carbocycles. The minimum Gasteiger partial charge on any atom is -0.492 e. The predicted molar refractivity (Wildman–Crippen MR) is 181 cm³/mol. The molecule has 4 fully saturated rings. The summed E-state index contributed by atoms with van der Waals surface area (Å²) in [5.74, 6) is 4.14. The number of carbonyl (C=O) groups is 1. The molecule has 2 N–H and O–H groups in total. The van der Waals surface area contributed by atoms with Crippen LogP contribution in [0.4, 0.5) is 0 Å². The van der Waals surface area contributed by atoms with E-state index in [1.165, 1.54) is 31.3 Å². The van der Waals surface area contributed by atoms with E-state index in [1.807, 2.05) is 30.3 Å². The largest absolute Gasteiger partial charge is 0.492 e. The van der Waals surface area contributed by atoms with Crippen molar-refractivity contribution in [1.29, 1.82) is 0 Å². The van der Waals surface area contributed by atoms with Gasteiger partial charge in [-0.2, -0.15) is 8.42 Å². The average Bonchev–Trinajstić information content (AvgIpc) is 3.40. The van der Waals surface area contributed by atoms with Crippen LogP contribution < -0.4 is 10.1 Å². The minimum atomic E-state index is -4.45. The third-order valence-electron chi connectivity index (χ3n) is 13.1. The van der Waals surface area contributed by atoms with Gasteiger partial charge in [0.1, 0.15) is 12.4 Å². The number of hydrogen-bond acceptors (Lipinski definition) is 7. The molecule has 5 aliphatic rings. The second-order valence-electron chi connectivity index (χ2n) is 15.6. The Kier molecular flexibility index (Phi) is 10.7.